The van der Waals surface area contributed by atoms with Crippen molar-refractivity contribution >= 4 is 11.4 Å². The molecule has 1 saturated heterocycles. The van der Waals surface area contributed by atoms with Crippen LogP contribution >= 0.6 is 0 Å². The van der Waals surface area contributed by atoms with Crippen LogP contribution in [0, 0.1) is 17.0 Å². The monoisotopic (exact) mass is 304 g/mol. The van der Waals surface area contributed by atoms with E-state index >= 15 is 0 Å². The van der Waals surface area contributed by atoms with Crippen LogP contribution in [0.3, 0.4) is 0 Å². The molecule has 1 fully saturated rings. The fraction of sp³-hybridized carbons (Fsp3) is 0.429. The molecule has 2 heterocycles. The fourth-order valence-corrected chi connectivity index (χ4v) is 2.70. The van der Waals surface area contributed by atoms with E-state index in [1.165, 1.54) is 12.1 Å². The maximum atomic E-state index is 10.8. The maximum absolute atomic E-state index is 10.8. The number of aryl methyl sites for hydroxylation is 1. The van der Waals surface area contributed by atoms with E-state index in [1.54, 1.807) is 26.2 Å². The largest absolute Gasteiger partial charge is 0.380 e. The summed E-state index contributed by atoms with van der Waals surface area (Å²) in [6.45, 7) is 2.44. The SMILES string of the molecule is COC1CC(c2nc(C)no2)N(c2ccc([N+](=O)[O-])cc2)C1. The topological polar surface area (TPSA) is 94.5 Å². The number of methoxy groups -OCH3 is 1. The lowest BCUT2D eigenvalue weighted by molar-refractivity contribution is -0.384. The van der Waals surface area contributed by atoms with Crippen molar-refractivity contribution in [2.45, 2.75) is 25.5 Å². The van der Waals surface area contributed by atoms with E-state index in [0.29, 0.717) is 18.3 Å². The van der Waals surface area contributed by atoms with E-state index in [9.17, 15) is 10.1 Å². The van der Waals surface area contributed by atoms with E-state index in [4.69, 9.17) is 9.26 Å². The second kappa shape index (κ2) is 5.72. The molecule has 0 amide bonds. The first-order chi connectivity index (χ1) is 10.6. The second-order valence-electron chi connectivity index (χ2n) is 5.21. The molecule has 0 aliphatic carbocycles. The molecular weight excluding hydrogens is 288 g/mol. The molecule has 1 aromatic carbocycles. The van der Waals surface area contributed by atoms with E-state index in [0.717, 1.165) is 12.1 Å². The highest BCUT2D eigenvalue weighted by molar-refractivity contribution is 5.53. The minimum Gasteiger partial charge on any atom is -0.380 e. The molecule has 0 spiro atoms. The third-order valence-corrected chi connectivity index (χ3v) is 3.82. The molecule has 2 aromatic rings. The Balaban J connectivity index is 1.90. The predicted molar refractivity (Wildman–Crippen MR) is 77.6 cm³/mol. The quantitative estimate of drug-likeness (QED) is 0.631. The van der Waals surface area contributed by atoms with Crippen LogP contribution in [-0.4, -0.2) is 34.8 Å². The lowest BCUT2D eigenvalue weighted by Gasteiger charge is -2.23. The van der Waals surface area contributed by atoms with E-state index in [1.807, 2.05) is 0 Å². The van der Waals surface area contributed by atoms with Gasteiger partial charge in [0.15, 0.2) is 5.82 Å². The van der Waals surface area contributed by atoms with Crippen molar-refractivity contribution in [3.8, 4) is 0 Å². The molecule has 8 nitrogen and oxygen atoms in total. The van der Waals surface area contributed by atoms with Gasteiger partial charge in [-0.2, -0.15) is 4.98 Å². The number of nitro benzene ring substituents is 1. The summed E-state index contributed by atoms with van der Waals surface area (Å²) < 4.78 is 10.7. The van der Waals surface area contributed by atoms with Gasteiger partial charge in [-0.25, -0.2) is 0 Å². The van der Waals surface area contributed by atoms with Gasteiger partial charge in [0, 0.05) is 37.9 Å². The molecule has 0 saturated carbocycles. The molecule has 1 aromatic heterocycles. The number of benzene rings is 1. The van der Waals surface area contributed by atoms with Gasteiger partial charge in [-0.1, -0.05) is 5.16 Å². The van der Waals surface area contributed by atoms with Crippen molar-refractivity contribution in [2.75, 3.05) is 18.6 Å². The van der Waals surface area contributed by atoms with Crippen molar-refractivity contribution in [3.63, 3.8) is 0 Å². The molecule has 0 N–H and O–H groups in total. The van der Waals surface area contributed by atoms with Crippen LogP contribution in [0.2, 0.25) is 0 Å². The number of rotatable bonds is 4. The summed E-state index contributed by atoms with van der Waals surface area (Å²) in [6, 6.07) is 6.35. The van der Waals surface area contributed by atoms with Gasteiger partial charge >= 0.3 is 0 Å². The molecule has 0 bridgehead atoms. The maximum Gasteiger partial charge on any atom is 0.269 e. The zero-order valence-corrected chi connectivity index (χ0v) is 12.3. The van der Waals surface area contributed by atoms with E-state index < -0.39 is 4.92 Å². The van der Waals surface area contributed by atoms with Crippen LogP contribution < -0.4 is 4.90 Å². The summed E-state index contributed by atoms with van der Waals surface area (Å²) in [6.07, 6.45) is 0.780. The molecule has 22 heavy (non-hydrogen) atoms. The zero-order chi connectivity index (χ0) is 15.7. The Bertz CT molecular complexity index is 670. The molecule has 3 rings (SSSR count). The molecule has 2 atom stereocenters. The third-order valence-electron chi connectivity index (χ3n) is 3.82. The van der Waals surface area contributed by atoms with Crippen LogP contribution in [0.25, 0.3) is 0 Å². The highest BCUT2D eigenvalue weighted by atomic mass is 16.6. The van der Waals surface area contributed by atoms with Gasteiger partial charge in [0.2, 0.25) is 5.89 Å². The summed E-state index contributed by atoms with van der Waals surface area (Å²) in [5, 5.41) is 14.6. The molecule has 0 radical (unpaired) electrons. The first-order valence-electron chi connectivity index (χ1n) is 6.92. The average Bonchev–Trinajstić information content (AvgIpc) is 3.13. The highest BCUT2D eigenvalue weighted by Gasteiger charge is 2.37. The third kappa shape index (κ3) is 2.64. The van der Waals surface area contributed by atoms with E-state index in [-0.39, 0.29) is 17.8 Å². The first-order valence-corrected chi connectivity index (χ1v) is 6.92. The normalized spacial score (nSPS) is 21.3. The zero-order valence-electron chi connectivity index (χ0n) is 12.3. The van der Waals surface area contributed by atoms with Gasteiger partial charge in [-0.05, 0) is 19.1 Å². The number of aromatic nitrogens is 2. The van der Waals surface area contributed by atoms with Gasteiger partial charge in [-0.15, -0.1) is 0 Å². The number of ether oxygens (including phenoxy) is 1. The average molecular weight is 304 g/mol. The van der Waals surface area contributed by atoms with Crippen LogP contribution in [0.5, 0.6) is 0 Å². The number of nitrogens with zero attached hydrogens (tertiary/aromatic N) is 4. The standard InChI is InChI=1S/C14H16N4O4/c1-9-15-14(22-16-9)13-7-12(21-2)8-17(13)10-3-5-11(6-4-10)18(19)20/h3-6,12-13H,7-8H2,1-2H3. The Hall–Kier alpha value is -2.48. The van der Waals surface area contributed by atoms with Crippen molar-refractivity contribution in [3.05, 3.63) is 46.1 Å². The lowest BCUT2D eigenvalue weighted by Crippen LogP contribution is -2.24. The smallest absolute Gasteiger partial charge is 0.269 e. The second-order valence-corrected chi connectivity index (χ2v) is 5.21. The van der Waals surface area contributed by atoms with E-state index in [2.05, 4.69) is 15.0 Å². The Morgan fingerprint density at radius 2 is 2.14 bits per heavy atom. The van der Waals surface area contributed by atoms with Crippen LogP contribution in [-0.2, 0) is 4.74 Å². The van der Waals surface area contributed by atoms with Gasteiger partial charge in [-0.3, -0.25) is 10.1 Å². The first kappa shape index (κ1) is 14.5. The summed E-state index contributed by atoms with van der Waals surface area (Å²) in [5.41, 5.74) is 0.933. The predicted octanol–water partition coefficient (Wildman–Crippen LogP) is 2.25. The number of anilines is 1. The van der Waals surface area contributed by atoms with Gasteiger partial charge < -0.3 is 14.2 Å². The van der Waals surface area contributed by atoms with Crippen LogP contribution in [0.15, 0.2) is 28.8 Å². The van der Waals surface area contributed by atoms with Gasteiger partial charge in [0.05, 0.1) is 11.0 Å². The minimum absolute atomic E-state index is 0.0485. The molecule has 1 aliphatic heterocycles. The summed E-state index contributed by atoms with van der Waals surface area (Å²) in [7, 11) is 1.67. The summed E-state index contributed by atoms with van der Waals surface area (Å²) in [5.74, 6) is 1.12. The number of hydrogen-bond acceptors (Lipinski definition) is 7. The molecular formula is C14H16N4O4. The molecule has 8 heteroatoms. The summed E-state index contributed by atoms with van der Waals surface area (Å²) in [4.78, 5) is 16.7. The lowest BCUT2D eigenvalue weighted by atomic mass is 10.2. The molecule has 116 valence electrons. The Labute approximate surface area is 126 Å². The van der Waals surface area contributed by atoms with Gasteiger partial charge in [0.1, 0.15) is 6.04 Å². The molecule has 1 aliphatic rings. The Kier molecular flexibility index (Phi) is 3.76. The minimum atomic E-state index is -0.412. The Morgan fingerprint density at radius 1 is 1.41 bits per heavy atom. The van der Waals surface area contributed by atoms with Gasteiger partial charge in [0.25, 0.3) is 5.69 Å². The van der Waals surface area contributed by atoms with Crippen molar-refractivity contribution in [1.29, 1.82) is 0 Å². The number of non-ortho nitro benzene ring substituents is 1. The van der Waals surface area contributed by atoms with Crippen LogP contribution in [0.1, 0.15) is 24.2 Å². The summed E-state index contributed by atoms with van der Waals surface area (Å²) >= 11 is 0. The number of hydrogen-bond donors (Lipinski definition) is 0. The fourth-order valence-electron chi connectivity index (χ4n) is 2.70. The van der Waals surface area contributed by atoms with Crippen molar-refractivity contribution in [1.82, 2.24) is 10.1 Å². The molecule has 2 unspecified atom stereocenters. The van der Waals surface area contributed by atoms with Crippen molar-refractivity contribution < 1.29 is 14.2 Å². The van der Waals surface area contributed by atoms with Crippen LogP contribution in [0.4, 0.5) is 11.4 Å². The highest BCUT2D eigenvalue weighted by Crippen LogP contribution is 2.37. The van der Waals surface area contributed by atoms with Crippen molar-refractivity contribution in [2.24, 2.45) is 0 Å². The number of nitro groups is 1. The Morgan fingerprint density at radius 3 is 2.68 bits per heavy atom.